The molecule has 1 aromatic heterocycles. The minimum absolute atomic E-state index is 0.181. The number of ether oxygens (including phenoxy) is 2. The highest BCUT2D eigenvalue weighted by atomic mass is 16.5. The Hall–Kier alpha value is -3.35. The van der Waals surface area contributed by atoms with Crippen molar-refractivity contribution in [2.75, 3.05) is 21.3 Å². The Bertz CT molecular complexity index is 1170. The standard InChI is InChI=1S/C24H29N3O4/c1-15(2)13-27-23(28)19-10-8-7-9-18(19)22(25-27)24(29)26(4)14-17-12-21(31-6)20(30-5)11-16(17)3/h7-12,15H,13-14H2,1-6H3. The summed E-state index contributed by atoms with van der Waals surface area (Å²) in [7, 11) is 4.90. The maximum Gasteiger partial charge on any atom is 0.274 e. The van der Waals surface area contributed by atoms with E-state index in [1.807, 2.05) is 39.0 Å². The van der Waals surface area contributed by atoms with E-state index in [0.29, 0.717) is 35.4 Å². The zero-order valence-electron chi connectivity index (χ0n) is 18.9. The van der Waals surface area contributed by atoms with Gasteiger partial charge in [-0.15, -0.1) is 0 Å². The van der Waals surface area contributed by atoms with Crippen molar-refractivity contribution in [3.63, 3.8) is 0 Å². The predicted octanol–water partition coefficient (Wildman–Crippen LogP) is 3.65. The number of amides is 1. The van der Waals surface area contributed by atoms with Gasteiger partial charge < -0.3 is 14.4 Å². The van der Waals surface area contributed by atoms with Crippen molar-refractivity contribution in [1.82, 2.24) is 14.7 Å². The van der Waals surface area contributed by atoms with Gasteiger partial charge >= 0.3 is 0 Å². The fourth-order valence-electron chi connectivity index (χ4n) is 3.56. The van der Waals surface area contributed by atoms with Gasteiger partial charge in [-0.25, -0.2) is 4.68 Å². The second-order valence-electron chi connectivity index (χ2n) is 8.07. The van der Waals surface area contributed by atoms with Crippen LogP contribution >= 0.6 is 0 Å². The summed E-state index contributed by atoms with van der Waals surface area (Å²) in [6, 6.07) is 10.9. The summed E-state index contributed by atoms with van der Waals surface area (Å²) >= 11 is 0. The van der Waals surface area contributed by atoms with Crippen LogP contribution in [0, 0.1) is 12.8 Å². The molecule has 0 spiro atoms. The van der Waals surface area contributed by atoms with E-state index >= 15 is 0 Å². The molecule has 2 aromatic carbocycles. The molecule has 0 radical (unpaired) electrons. The molecule has 0 aliphatic heterocycles. The van der Waals surface area contributed by atoms with Gasteiger partial charge in [-0.05, 0) is 42.2 Å². The summed E-state index contributed by atoms with van der Waals surface area (Å²) in [4.78, 5) is 27.8. The summed E-state index contributed by atoms with van der Waals surface area (Å²) in [5.41, 5.74) is 2.02. The normalized spacial score (nSPS) is 11.1. The van der Waals surface area contributed by atoms with Gasteiger partial charge in [0, 0.05) is 25.5 Å². The fraction of sp³-hybridized carbons (Fsp3) is 0.375. The van der Waals surface area contributed by atoms with E-state index in [4.69, 9.17) is 9.47 Å². The first-order valence-corrected chi connectivity index (χ1v) is 10.2. The first-order chi connectivity index (χ1) is 14.8. The third kappa shape index (κ3) is 4.55. The summed E-state index contributed by atoms with van der Waals surface area (Å²) in [6.45, 7) is 6.80. The molecule has 1 amide bonds. The molecular formula is C24H29N3O4. The minimum Gasteiger partial charge on any atom is -0.493 e. The van der Waals surface area contributed by atoms with E-state index < -0.39 is 0 Å². The highest BCUT2D eigenvalue weighted by molar-refractivity contribution is 6.04. The predicted molar refractivity (Wildman–Crippen MR) is 121 cm³/mol. The lowest BCUT2D eigenvalue weighted by molar-refractivity contribution is 0.0778. The largest absolute Gasteiger partial charge is 0.493 e. The highest BCUT2D eigenvalue weighted by Gasteiger charge is 2.21. The maximum atomic E-state index is 13.4. The van der Waals surface area contributed by atoms with Crippen LogP contribution in [0.25, 0.3) is 10.8 Å². The molecule has 0 aliphatic carbocycles. The van der Waals surface area contributed by atoms with Gasteiger partial charge in [0.25, 0.3) is 11.5 Å². The quantitative estimate of drug-likeness (QED) is 0.580. The molecule has 7 heteroatoms. The number of aryl methyl sites for hydroxylation is 1. The van der Waals surface area contributed by atoms with Gasteiger partial charge in [-0.1, -0.05) is 32.0 Å². The Balaban J connectivity index is 2.01. The van der Waals surface area contributed by atoms with Crippen LogP contribution in [-0.2, 0) is 13.1 Å². The number of aromatic nitrogens is 2. The van der Waals surface area contributed by atoms with Crippen LogP contribution in [0.15, 0.2) is 41.2 Å². The molecule has 0 fully saturated rings. The molecule has 0 bridgehead atoms. The van der Waals surface area contributed by atoms with Crippen molar-refractivity contribution >= 4 is 16.7 Å². The van der Waals surface area contributed by atoms with Crippen molar-refractivity contribution < 1.29 is 14.3 Å². The zero-order chi connectivity index (χ0) is 22.7. The maximum absolute atomic E-state index is 13.4. The summed E-state index contributed by atoms with van der Waals surface area (Å²) in [5, 5.41) is 5.52. The van der Waals surface area contributed by atoms with E-state index in [2.05, 4.69) is 5.10 Å². The summed E-state index contributed by atoms with van der Waals surface area (Å²) < 4.78 is 12.2. The Labute approximate surface area is 182 Å². The van der Waals surface area contributed by atoms with Gasteiger partial charge in [-0.3, -0.25) is 9.59 Å². The number of fused-ring (bicyclic) bond motifs is 1. The number of benzene rings is 2. The molecule has 0 saturated heterocycles. The number of methoxy groups -OCH3 is 2. The summed E-state index contributed by atoms with van der Waals surface area (Å²) in [6.07, 6.45) is 0. The zero-order valence-corrected chi connectivity index (χ0v) is 18.9. The number of nitrogens with zero attached hydrogens (tertiary/aromatic N) is 3. The molecule has 0 atom stereocenters. The van der Waals surface area contributed by atoms with Gasteiger partial charge in [0.1, 0.15) is 0 Å². The SMILES string of the molecule is COc1cc(C)c(CN(C)C(=O)c2nn(CC(C)C)c(=O)c3ccccc23)cc1OC. The minimum atomic E-state index is -0.247. The van der Waals surface area contributed by atoms with Crippen LogP contribution in [0.3, 0.4) is 0 Å². The van der Waals surface area contributed by atoms with Crippen molar-refractivity contribution in [1.29, 1.82) is 0 Å². The molecule has 1 heterocycles. The molecule has 0 saturated carbocycles. The third-order valence-electron chi connectivity index (χ3n) is 5.20. The van der Waals surface area contributed by atoms with Crippen molar-refractivity contribution in [3.8, 4) is 11.5 Å². The number of hydrogen-bond acceptors (Lipinski definition) is 5. The van der Waals surface area contributed by atoms with Gasteiger partial charge in [0.2, 0.25) is 0 Å². The Morgan fingerprint density at radius 3 is 2.32 bits per heavy atom. The average molecular weight is 424 g/mol. The van der Waals surface area contributed by atoms with E-state index in [9.17, 15) is 9.59 Å². The topological polar surface area (TPSA) is 73.7 Å². The molecule has 31 heavy (non-hydrogen) atoms. The first kappa shape index (κ1) is 22.3. The lowest BCUT2D eigenvalue weighted by Crippen LogP contribution is -2.32. The molecule has 3 rings (SSSR count). The smallest absolute Gasteiger partial charge is 0.274 e. The third-order valence-corrected chi connectivity index (χ3v) is 5.20. The van der Waals surface area contributed by atoms with Crippen LogP contribution in [0.4, 0.5) is 0 Å². The number of rotatable bonds is 7. The Kier molecular flexibility index (Phi) is 6.63. The van der Waals surface area contributed by atoms with E-state index in [-0.39, 0.29) is 23.1 Å². The number of hydrogen-bond donors (Lipinski definition) is 0. The second kappa shape index (κ2) is 9.20. The lowest BCUT2D eigenvalue weighted by Gasteiger charge is -2.21. The van der Waals surface area contributed by atoms with Crippen LogP contribution < -0.4 is 15.0 Å². The summed E-state index contributed by atoms with van der Waals surface area (Å²) in [5.74, 6) is 1.23. The van der Waals surface area contributed by atoms with Gasteiger partial charge in [0.15, 0.2) is 17.2 Å². The molecule has 0 aliphatic rings. The van der Waals surface area contributed by atoms with Crippen LogP contribution in [-0.4, -0.2) is 41.9 Å². The molecule has 7 nitrogen and oxygen atoms in total. The van der Waals surface area contributed by atoms with Gasteiger partial charge in [0.05, 0.1) is 19.6 Å². The van der Waals surface area contributed by atoms with Crippen molar-refractivity contribution in [3.05, 3.63) is 63.6 Å². The first-order valence-electron chi connectivity index (χ1n) is 10.2. The van der Waals surface area contributed by atoms with Crippen molar-refractivity contribution in [2.45, 2.75) is 33.9 Å². The van der Waals surface area contributed by atoms with Crippen molar-refractivity contribution in [2.24, 2.45) is 5.92 Å². The van der Waals surface area contributed by atoms with Crippen LogP contribution in [0.5, 0.6) is 11.5 Å². The Morgan fingerprint density at radius 1 is 1.10 bits per heavy atom. The number of carbonyl (C=O) groups is 1. The van der Waals surface area contributed by atoms with E-state index in [1.165, 1.54) is 4.68 Å². The monoisotopic (exact) mass is 423 g/mol. The van der Waals surface area contributed by atoms with E-state index in [0.717, 1.165) is 11.1 Å². The molecule has 0 unspecified atom stereocenters. The van der Waals surface area contributed by atoms with Crippen LogP contribution in [0.2, 0.25) is 0 Å². The molecule has 3 aromatic rings. The molecule has 164 valence electrons. The number of carbonyl (C=O) groups excluding carboxylic acids is 1. The van der Waals surface area contributed by atoms with E-state index in [1.54, 1.807) is 44.4 Å². The van der Waals surface area contributed by atoms with Crippen LogP contribution in [0.1, 0.15) is 35.5 Å². The lowest BCUT2D eigenvalue weighted by atomic mass is 10.1. The molecule has 0 N–H and O–H groups in total. The fourth-order valence-corrected chi connectivity index (χ4v) is 3.56. The molecular weight excluding hydrogens is 394 g/mol. The average Bonchev–Trinajstić information content (AvgIpc) is 2.75. The van der Waals surface area contributed by atoms with Gasteiger partial charge in [-0.2, -0.15) is 5.10 Å². The Morgan fingerprint density at radius 2 is 1.71 bits per heavy atom. The highest BCUT2D eigenvalue weighted by Crippen LogP contribution is 2.31. The second-order valence-corrected chi connectivity index (χ2v) is 8.07.